The molecule has 128 valence electrons. The molecule has 1 N–H and O–H groups in total. The van der Waals surface area contributed by atoms with Crippen LogP contribution in [-0.2, 0) is 24.1 Å². The van der Waals surface area contributed by atoms with E-state index in [9.17, 15) is 5.11 Å². The Morgan fingerprint density at radius 3 is 3.00 bits per heavy atom. The fraction of sp³-hybridized carbons (Fsp3) is 0.526. The van der Waals surface area contributed by atoms with Crippen molar-refractivity contribution in [3.63, 3.8) is 0 Å². The van der Waals surface area contributed by atoms with Gasteiger partial charge in [-0.3, -0.25) is 9.58 Å². The summed E-state index contributed by atoms with van der Waals surface area (Å²) < 4.78 is 8.39. The zero-order valence-electron chi connectivity index (χ0n) is 14.1. The molecular weight excluding hydrogens is 302 g/mol. The van der Waals surface area contributed by atoms with Crippen LogP contribution in [0, 0.1) is 0 Å². The van der Waals surface area contributed by atoms with Crippen molar-refractivity contribution in [2.45, 2.75) is 51.0 Å². The van der Waals surface area contributed by atoms with Gasteiger partial charge in [-0.05, 0) is 42.6 Å². The Morgan fingerprint density at radius 2 is 2.21 bits per heavy atom. The van der Waals surface area contributed by atoms with E-state index in [1.54, 1.807) is 6.07 Å². The first-order chi connectivity index (χ1) is 11.7. The highest BCUT2D eigenvalue weighted by Crippen LogP contribution is 2.35. The topological polar surface area (TPSA) is 50.5 Å². The molecule has 2 aromatic rings. The summed E-state index contributed by atoms with van der Waals surface area (Å²) in [6.45, 7) is 5.05. The Labute approximate surface area is 142 Å². The molecule has 0 radical (unpaired) electrons. The van der Waals surface area contributed by atoms with Crippen molar-refractivity contribution in [3.8, 4) is 5.75 Å². The second-order valence-electron chi connectivity index (χ2n) is 6.91. The molecule has 1 aromatic carbocycles. The van der Waals surface area contributed by atoms with Crippen LogP contribution in [0.3, 0.4) is 0 Å². The summed E-state index contributed by atoms with van der Waals surface area (Å²) in [4.78, 5) is 2.58. The van der Waals surface area contributed by atoms with E-state index in [1.165, 1.54) is 5.56 Å². The van der Waals surface area contributed by atoms with Crippen molar-refractivity contribution < 1.29 is 9.84 Å². The average molecular weight is 327 g/mol. The number of hydrogen-bond acceptors (Lipinski definition) is 4. The molecule has 0 unspecified atom stereocenters. The lowest BCUT2D eigenvalue weighted by Crippen LogP contribution is -2.58. The van der Waals surface area contributed by atoms with Gasteiger partial charge in [-0.25, -0.2) is 0 Å². The summed E-state index contributed by atoms with van der Waals surface area (Å²) in [5.41, 5.74) is 2.33. The van der Waals surface area contributed by atoms with Crippen molar-refractivity contribution in [1.82, 2.24) is 14.7 Å². The minimum Gasteiger partial charge on any atom is -0.508 e. The lowest BCUT2D eigenvalue weighted by Gasteiger charge is -2.47. The fourth-order valence-corrected chi connectivity index (χ4v) is 4.19. The molecule has 0 spiro atoms. The highest BCUT2D eigenvalue weighted by molar-refractivity contribution is 5.42. The van der Waals surface area contributed by atoms with E-state index in [1.807, 2.05) is 29.2 Å². The Morgan fingerprint density at radius 1 is 1.29 bits per heavy atom. The smallest absolute Gasteiger partial charge is 0.119 e. The molecule has 5 nitrogen and oxygen atoms in total. The third kappa shape index (κ3) is 2.94. The fourth-order valence-electron chi connectivity index (χ4n) is 4.19. The molecule has 2 heterocycles. The molecule has 2 aliphatic rings. The third-order valence-corrected chi connectivity index (χ3v) is 5.25. The highest BCUT2D eigenvalue weighted by Gasteiger charge is 2.40. The first kappa shape index (κ1) is 15.7. The zero-order valence-corrected chi connectivity index (χ0v) is 14.1. The number of hydrogen-bond donors (Lipinski definition) is 1. The van der Waals surface area contributed by atoms with Crippen molar-refractivity contribution in [3.05, 3.63) is 47.8 Å². The molecule has 1 aliphatic carbocycles. The molecule has 1 aromatic heterocycles. The molecule has 0 amide bonds. The highest BCUT2D eigenvalue weighted by atomic mass is 16.5. The quantitative estimate of drug-likeness (QED) is 0.936. The van der Waals surface area contributed by atoms with Gasteiger partial charge in [0.25, 0.3) is 0 Å². The van der Waals surface area contributed by atoms with E-state index >= 15 is 0 Å². The molecule has 1 aliphatic heterocycles. The first-order valence-electron chi connectivity index (χ1n) is 8.91. The Kier molecular flexibility index (Phi) is 4.29. The molecule has 1 saturated heterocycles. The average Bonchev–Trinajstić information content (AvgIpc) is 3.07. The predicted molar refractivity (Wildman–Crippen MR) is 92.1 cm³/mol. The van der Waals surface area contributed by atoms with Crippen LogP contribution >= 0.6 is 0 Å². The van der Waals surface area contributed by atoms with Crippen LogP contribution in [-0.4, -0.2) is 51.1 Å². The van der Waals surface area contributed by atoms with Crippen LogP contribution in [0.4, 0.5) is 0 Å². The molecule has 0 saturated carbocycles. The lowest BCUT2D eigenvalue weighted by atomic mass is 9.83. The third-order valence-electron chi connectivity index (χ3n) is 5.25. The van der Waals surface area contributed by atoms with Crippen LogP contribution in [0.1, 0.15) is 24.5 Å². The van der Waals surface area contributed by atoms with Gasteiger partial charge in [0.1, 0.15) is 5.75 Å². The number of benzene rings is 1. The monoisotopic (exact) mass is 327 g/mol. The summed E-state index contributed by atoms with van der Waals surface area (Å²) >= 11 is 0. The second kappa shape index (κ2) is 6.57. The van der Waals surface area contributed by atoms with Gasteiger partial charge in [-0.1, -0.05) is 19.1 Å². The van der Waals surface area contributed by atoms with Crippen LogP contribution in [0.25, 0.3) is 0 Å². The summed E-state index contributed by atoms with van der Waals surface area (Å²) in [5.74, 6) is 0.408. The zero-order chi connectivity index (χ0) is 16.5. The largest absolute Gasteiger partial charge is 0.508 e. The SMILES string of the molecule is CCCN1C[C@H](Cn2cccn2)O[C@H]2Cc3c(O)cccc3C[C@@H]21. The van der Waals surface area contributed by atoms with Crippen LogP contribution in [0.2, 0.25) is 0 Å². The van der Waals surface area contributed by atoms with Gasteiger partial charge in [0.05, 0.1) is 18.8 Å². The predicted octanol–water partition coefficient (Wildman–Crippen LogP) is 2.24. The van der Waals surface area contributed by atoms with Crippen LogP contribution in [0.15, 0.2) is 36.7 Å². The summed E-state index contributed by atoms with van der Waals surface area (Å²) in [6.07, 6.45) is 6.99. The normalized spacial score (nSPS) is 26.8. The van der Waals surface area contributed by atoms with Gasteiger partial charge in [-0.15, -0.1) is 0 Å². The number of fused-ring (bicyclic) bond motifs is 2. The van der Waals surface area contributed by atoms with Crippen molar-refractivity contribution in [2.75, 3.05) is 13.1 Å². The maximum atomic E-state index is 10.2. The molecule has 5 heteroatoms. The number of aromatic nitrogens is 2. The number of phenols is 1. The van der Waals surface area contributed by atoms with Gasteiger partial charge >= 0.3 is 0 Å². The van der Waals surface area contributed by atoms with Gasteiger partial charge in [-0.2, -0.15) is 5.10 Å². The summed E-state index contributed by atoms with van der Waals surface area (Å²) in [5, 5.41) is 14.5. The van der Waals surface area contributed by atoms with Crippen molar-refractivity contribution in [1.29, 1.82) is 0 Å². The van der Waals surface area contributed by atoms with E-state index in [2.05, 4.69) is 23.0 Å². The van der Waals surface area contributed by atoms with E-state index in [4.69, 9.17) is 4.74 Å². The summed E-state index contributed by atoms with van der Waals surface area (Å²) in [6, 6.07) is 8.24. The van der Waals surface area contributed by atoms with E-state index < -0.39 is 0 Å². The number of ether oxygens (including phenoxy) is 1. The number of morpholine rings is 1. The molecule has 0 bridgehead atoms. The van der Waals surface area contributed by atoms with Gasteiger partial charge in [0.15, 0.2) is 0 Å². The Balaban J connectivity index is 1.57. The van der Waals surface area contributed by atoms with E-state index in [0.717, 1.165) is 44.5 Å². The number of rotatable bonds is 4. The number of aromatic hydroxyl groups is 1. The second-order valence-corrected chi connectivity index (χ2v) is 6.91. The summed E-state index contributed by atoms with van der Waals surface area (Å²) in [7, 11) is 0. The van der Waals surface area contributed by atoms with E-state index in [-0.39, 0.29) is 12.2 Å². The molecule has 24 heavy (non-hydrogen) atoms. The van der Waals surface area contributed by atoms with Gasteiger partial charge < -0.3 is 9.84 Å². The first-order valence-corrected chi connectivity index (χ1v) is 8.91. The molecule has 1 fully saturated rings. The maximum absolute atomic E-state index is 10.2. The van der Waals surface area contributed by atoms with Crippen LogP contribution < -0.4 is 0 Å². The maximum Gasteiger partial charge on any atom is 0.119 e. The molecule has 4 rings (SSSR count). The number of phenolic OH excluding ortho intramolecular Hbond substituents is 1. The minimum atomic E-state index is 0.144. The molecular formula is C19H25N3O2. The molecule has 3 atom stereocenters. The van der Waals surface area contributed by atoms with Gasteiger partial charge in [0, 0.05) is 31.4 Å². The van der Waals surface area contributed by atoms with Gasteiger partial charge in [0.2, 0.25) is 0 Å². The Hall–Kier alpha value is -1.85. The standard InChI is InChI=1S/C19H25N3O2/c1-2-8-21-12-15(13-22-9-4-7-20-22)24-19-11-16-14(10-17(19)21)5-3-6-18(16)23/h3-7,9,15,17,19,23H,2,8,10-13H2,1H3/t15-,17+,19+/m1/s1. The minimum absolute atomic E-state index is 0.144. The van der Waals surface area contributed by atoms with Crippen LogP contribution in [0.5, 0.6) is 5.75 Å². The Bertz CT molecular complexity index is 686. The van der Waals surface area contributed by atoms with Crippen molar-refractivity contribution >= 4 is 0 Å². The van der Waals surface area contributed by atoms with E-state index in [0.29, 0.717) is 11.8 Å². The lowest BCUT2D eigenvalue weighted by molar-refractivity contribution is -0.128. The van der Waals surface area contributed by atoms with Crippen molar-refractivity contribution in [2.24, 2.45) is 0 Å². The number of nitrogens with zero attached hydrogens (tertiary/aromatic N) is 3.